The van der Waals surface area contributed by atoms with Crippen LogP contribution in [0.3, 0.4) is 0 Å². The number of nitrogens with zero attached hydrogens (tertiary/aromatic N) is 2. The molecule has 28 heavy (non-hydrogen) atoms. The Morgan fingerprint density at radius 3 is 2.11 bits per heavy atom. The van der Waals surface area contributed by atoms with Crippen LogP contribution in [0.1, 0.15) is 26.8 Å². The minimum Gasteiger partial charge on any atom is -0.379 e. The monoisotopic (exact) mass is 400 g/mol. The highest BCUT2D eigenvalue weighted by molar-refractivity contribution is 7.10. The van der Waals surface area contributed by atoms with Gasteiger partial charge in [0.15, 0.2) is 5.78 Å². The number of Topliss-reactive ketones (excluding diaryl/α,β-unsaturated/α-hetero) is 1. The Morgan fingerprint density at radius 2 is 1.54 bits per heavy atom. The first-order valence-electron chi connectivity index (χ1n) is 10.0. The predicted molar refractivity (Wildman–Crippen MR) is 111 cm³/mol. The van der Waals surface area contributed by atoms with Crippen molar-refractivity contribution in [3.63, 3.8) is 0 Å². The zero-order valence-corrected chi connectivity index (χ0v) is 17.2. The van der Waals surface area contributed by atoms with E-state index in [9.17, 15) is 4.79 Å². The number of ketones is 1. The Bertz CT molecular complexity index is 751. The molecule has 6 heteroatoms. The zero-order valence-electron chi connectivity index (χ0n) is 16.4. The van der Waals surface area contributed by atoms with Gasteiger partial charge in [-0.25, -0.2) is 0 Å². The number of ether oxygens (including phenoxy) is 2. The number of hydrogen-bond acceptors (Lipinski definition) is 6. The maximum Gasteiger partial charge on any atom is 0.181 e. The van der Waals surface area contributed by atoms with Crippen molar-refractivity contribution >= 4 is 17.1 Å². The maximum absolute atomic E-state index is 13.8. The molecule has 0 amide bonds. The summed E-state index contributed by atoms with van der Waals surface area (Å²) in [7, 11) is 0. The molecule has 1 aromatic carbocycles. The van der Waals surface area contributed by atoms with E-state index in [1.807, 2.05) is 24.3 Å². The Balaban J connectivity index is 1.72. The molecular weight excluding hydrogens is 372 g/mol. The van der Waals surface area contributed by atoms with Crippen molar-refractivity contribution in [1.29, 1.82) is 0 Å². The fourth-order valence-corrected chi connectivity index (χ4v) is 4.99. The number of rotatable bonds is 6. The lowest BCUT2D eigenvalue weighted by molar-refractivity contribution is -0.0294. The third-order valence-corrected chi connectivity index (χ3v) is 6.56. The highest BCUT2D eigenvalue weighted by Gasteiger charge is 2.40. The summed E-state index contributed by atoms with van der Waals surface area (Å²) in [6.07, 6.45) is 0. The van der Waals surface area contributed by atoms with Crippen molar-refractivity contribution in [2.75, 3.05) is 52.6 Å². The summed E-state index contributed by atoms with van der Waals surface area (Å²) in [6.45, 7) is 8.12. The third kappa shape index (κ3) is 4.36. The molecule has 2 aromatic rings. The average Bonchev–Trinajstić information content (AvgIpc) is 3.27. The number of carbonyl (C=O) groups excluding carboxylic acids is 1. The van der Waals surface area contributed by atoms with Gasteiger partial charge in [-0.3, -0.25) is 14.6 Å². The van der Waals surface area contributed by atoms with E-state index >= 15 is 0 Å². The van der Waals surface area contributed by atoms with Gasteiger partial charge in [-0.2, -0.15) is 0 Å². The maximum atomic E-state index is 13.8. The molecule has 2 aliphatic heterocycles. The van der Waals surface area contributed by atoms with Crippen LogP contribution in [0.15, 0.2) is 41.8 Å². The minimum atomic E-state index is -0.219. The van der Waals surface area contributed by atoms with Crippen LogP contribution in [0.2, 0.25) is 0 Å². The van der Waals surface area contributed by atoms with Gasteiger partial charge in [-0.15, -0.1) is 11.3 Å². The molecule has 5 nitrogen and oxygen atoms in total. The summed E-state index contributed by atoms with van der Waals surface area (Å²) >= 11 is 1.74. The molecule has 2 fully saturated rings. The van der Waals surface area contributed by atoms with E-state index in [4.69, 9.17) is 9.47 Å². The van der Waals surface area contributed by atoms with Gasteiger partial charge in [0, 0.05) is 36.6 Å². The van der Waals surface area contributed by atoms with Crippen LogP contribution < -0.4 is 0 Å². The summed E-state index contributed by atoms with van der Waals surface area (Å²) in [5, 5.41) is 2.11. The Hall–Kier alpha value is -1.57. The standard InChI is InChI=1S/C22H28N2O3S/c1-17-4-6-18(7-5-17)22(25)21(24-10-14-27-15-11-24)20(19-3-2-16-28-19)23-8-12-26-13-9-23/h2-7,16,20-21H,8-15H2,1H3/t20-,21-/m1/s1. The van der Waals surface area contributed by atoms with Crippen LogP contribution in [0.5, 0.6) is 0 Å². The second-order valence-electron chi connectivity index (χ2n) is 7.43. The Kier molecular flexibility index (Phi) is 6.54. The summed E-state index contributed by atoms with van der Waals surface area (Å²) < 4.78 is 11.2. The number of hydrogen-bond donors (Lipinski definition) is 0. The van der Waals surface area contributed by atoms with Crippen LogP contribution in [0.25, 0.3) is 0 Å². The van der Waals surface area contributed by atoms with E-state index in [0.29, 0.717) is 13.2 Å². The van der Waals surface area contributed by atoms with Gasteiger partial charge in [0.25, 0.3) is 0 Å². The van der Waals surface area contributed by atoms with E-state index in [1.54, 1.807) is 11.3 Å². The number of thiophene rings is 1. The van der Waals surface area contributed by atoms with Crippen molar-refractivity contribution < 1.29 is 14.3 Å². The molecule has 3 heterocycles. The predicted octanol–water partition coefficient (Wildman–Crippen LogP) is 3.01. The van der Waals surface area contributed by atoms with Crippen LogP contribution in [-0.2, 0) is 9.47 Å². The molecule has 0 unspecified atom stereocenters. The molecule has 0 saturated carbocycles. The molecule has 150 valence electrons. The summed E-state index contributed by atoms with van der Waals surface area (Å²) in [5.41, 5.74) is 1.96. The number of benzene rings is 1. The first-order chi connectivity index (χ1) is 13.7. The first-order valence-corrected chi connectivity index (χ1v) is 10.9. The Labute approximate surface area is 170 Å². The van der Waals surface area contributed by atoms with E-state index < -0.39 is 0 Å². The van der Waals surface area contributed by atoms with E-state index in [0.717, 1.165) is 45.0 Å². The van der Waals surface area contributed by atoms with Crippen molar-refractivity contribution in [2.24, 2.45) is 0 Å². The van der Waals surface area contributed by atoms with E-state index in [2.05, 4.69) is 34.2 Å². The molecule has 4 rings (SSSR count). The molecule has 0 N–H and O–H groups in total. The summed E-state index contributed by atoms with van der Waals surface area (Å²) in [6, 6.07) is 12.1. The van der Waals surface area contributed by atoms with Crippen LogP contribution in [0, 0.1) is 6.92 Å². The number of carbonyl (C=O) groups is 1. The van der Waals surface area contributed by atoms with Gasteiger partial charge in [0.05, 0.1) is 38.5 Å². The van der Waals surface area contributed by atoms with E-state index in [1.165, 1.54) is 10.4 Å². The van der Waals surface area contributed by atoms with E-state index in [-0.39, 0.29) is 17.9 Å². The lowest BCUT2D eigenvalue weighted by Gasteiger charge is -2.43. The SMILES string of the molecule is Cc1ccc(C(=O)[C@@H]([C@@H](c2cccs2)N2CCOCC2)N2CCOCC2)cc1. The molecule has 0 spiro atoms. The van der Waals surface area contributed by atoms with Crippen molar-refractivity contribution in [1.82, 2.24) is 9.80 Å². The summed E-state index contributed by atoms with van der Waals surface area (Å²) in [4.78, 5) is 19.8. The average molecular weight is 401 g/mol. The number of aryl methyl sites for hydroxylation is 1. The van der Waals surface area contributed by atoms with Gasteiger partial charge >= 0.3 is 0 Å². The molecule has 2 aliphatic rings. The lowest BCUT2D eigenvalue weighted by atomic mass is 9.93. The molecular formula is C22H28N2O3S. The van der Waals surface area contributed by atoms with Crippen molar-refractivity contribution in [2.45, 2.75) is 19.0 Å². The molecule has 2 saturated heterocycles. The normalized spacial score (nSPS) is 21.3. The Morgan fingerprint density at radius 1 is 0.929 bits per heavy atom. The second kappa shape index (κ2) is 9.29. The van der Waals surface area contributed by atoms with Gasteiger partial charge in [0.1, 0.15) is 0 Å². The van der Waals surface area contributed by atoms with Crippen LogP contribution in [-0.4, -0.2) is 74.2 Å². The van der Waals surface area contributed by atoms with Gasteiger partial charge < -0.3 is 9.47 Å². The largest absolute Gasteiger partial charge is 0.379 e. The van der Waals surface area contributed by atoms with Gasteiger partial charge in [0.2, 0.25) is 0 Å². The molecule has 0 bridgehead atoms. The summed E-state index contributed by atoms with van der Waals surface area (Å²) in [5.74, 6) is 0.201. The lowest BCUT2D eigenvalue weighted by Crippen LogP contribution is -2.55. The highest BCUT2D eigenvalue weighted by atomic mass is 32.1. The molecule has 0 radical (unpaired) electrons. The topological polar surface area (TPSA) is 42.0 Å². The second-order valence-corrected chi connectivity index (χ2v) is 8.41. The number of morpholine rings is 2. The zero-order chi connectivity index (χ0) is 19.3. The third-order valence-electron chi connectivity index (χ3n) is 5.62. The quantitative estimate of drug-likeness (QED) is 0.698. The van der Waals surface area contributed by atoms with Crippen LogP contribution >= 0.6 is 11.3 Å². The first kappa shape index (κ1) is 19.7. The molecule has 2 atom stereocenters. The van der Waals surface area contributed by atoms with Crippen LogP contribution in [0.4, 0.5) is 0 Å². The fourth-order valence-electron chi connectivity index (χ4n) is 4.10. The molecule has 0 aliphatic carbocycles. The smallest absolute Gasteiger partial charge is 0.181 e. The van der Waals surface area contributed by atoms with Crippen molar-refractivity contribution in [3.8, 4) is 0 Å². The van der Waals surface area contributed by atoms with Gasteiger partial charge in [-0.1, -0.05) is 35.9 Å². The molecule has 1 aromatic heterocycles. The van der Waals surface area contributed by atoms with Crippen molar-refractivity contribution in [3.05, 3.63) is 57.8 Å². The highest BCUT2D eigenvalue weighted by Crippen LogP contribution is 2.34. The minimum absolute atomic E-state index is 0.0378. The fraction of sp³-hybridized carbons (Fsp3) is 0.500. The van der Waals surface area contributed by atoms with Gasteiger partial charge in [-0.05, 0) is 18.4 Å².